The molecule has 0 aromatic carbocycles. The predicted molar refractivity (Wildman–Crippen MR) is 59.7 cm³/mol. The molecule has 1 rings (SSSR count). The van der Waals surface area contributed by atoms with Gasteiger partial charge in [0.25, 0.3) is 0 Å². The molecule has 5 heteroatoms. The summed E-state index contributed by atoms with van der Waals surface area (Å²) in [4.78, 5) is 8.54. The number of hydrogen-bond donors (Lipinski definition) is 1. The van der Waals surface area contributed by atoms with Gasteiger partial charge in [0, 0.05) is 14.2 Å². The Balaban J connectivity index is 3.11. The molecule has 0 aliphatic carbocycles. The van der Waals surface area contributed by atoms with Crippen LogP contribution >= 0.6 is 22.6 Å². The van der Waals surface area contributed by atoms with Gasteiger partial charge in [-0.1, -0.05) is 0 Å². The Hall–Kier alpha value is -0.430. The van der Waals surface area contributed by atoms with Crippen LogP contribution in [0.25, 0.3) is 0 Å². The number of anilines is 1. The molecule has 72 valence electrons. The van der Waals surface area contributed by atoms with E-state index in [2.05, 4.69) is 37.9 Å². The van der Waals surface area contributed by atoms with Crippen LogP contribution < -0.4 is 5.32 Å². The van der Waals surface area contributed by atoms with Crippen molar-refractivity contribution < 1.29 is 4.74 Å². The zero-order valence-corrected chi connectivity index (χ0v) is 10.0. The molecule has 0 radical (unpaired) electrons. The van der Waals surface area contributed by atoms with Gasteiger partial charge >= 0.3 is 0 Å². The topological polar surface area (TPSA) is 47.0 Å². The van der Waals surface area contributed by atoms with Gasteiger partial charge in [-0.3, -0.25) is 0 Å². The average Bonchev–Trinajstić information content (AvgIpc) is 2.11. The van der Waals surface area contributed by atoms with Crippen molar-refractivity contribution in [3.63, 3.8) is 0 Å². The van der Waals surface area contributed by atoms with Gasteiger partial charge in [0.2, 0.25) is 0 Å². The van der Waals surface area contributed by atoms with Gasteiger partial charge in [-0.2, -0.15) is 0 Å². The summed E-state index contributed by atoms with van der Waals surface area (Å²) in [6.45, 7) is 2.40. The van der Waals surface area contributed by atoms with E-state index in [0.717, 1.165) is 20.9 Å². The highest BCUT2D eigenvalue weighted by atomic mass is 127. The first-order valence-corrected chi connectivity index (χ1v) is 4.96. The summed E-state index contributed by atoms with van der Waals surface area (Å²) in [5, 5.41) is 3.02. The number of aromatic nitrogens is 2. The van der Waals surface area contributed by atoms with Crippen molar-refractivity contribution in [2.24, 2.45) is 0 Å². The van der Waals surface area contributed by atoms with Gasteiger partial charge in [0.1, 0.15) is 11.6 Å². The third-order valence-electron chi connectivity index (χ3n) is 1.55. The minimum atomic E-state index is 0.524. The molecule has 0 fully saturated rings. The molecule has 0 aliphatic heterocycles. The Morgan fingerprint density at radius 1 is 1.46 bits per heavy atom. The molecule has 0 saturated heterocycles. The molecule has 0 unspecified atom stereocenters. The Bertz CT molecular complexity index is 304. The van der Waals surface area contributed by atoms with E-state index in [-0.39, 0.29) is 0 Å². The summed E-state index contributed by atoms with van der Waals surface area (Å²) >= 11 is 2.21. The number of aryl methyl sites for hydroxylation is 1. The van der Waals surface area contributed by atoms with E-state index in [0.29, 0.717) is 6.61 Å². The zero-order valence-electron chi connectivity index (χ0n) is 7.89. The molecule has 1 heterocycles. The Kier molecular flexibility index (Phi) is 3.86. The Labute approximate surface area is 91.3 Å². The lowest BCUT2D eigenvalue weighted by Crippen LogP contribution is -2.05. The van der Waals surface area contributed by atoms with Gasteiger partial charge < -0.3 is 10.1 Å². The number of nitrogens with one attached hydrogen (secondary N) is 1. The SMILES string of the molecule is CNc1nc(C)nc(COC)c1I. The van der Waals surface area contributed by atoms with Crippen LogP contribution in [0.5, 0.6) is 0 Å². The largest absolute Gasteiger partial charge is 0.378 e. The number of hydrogen-bond acceptors (Lipinski definition) is 4. The first-order valence-electron chi connectivity index (χ1n) is 3.88. The molecule has 0 atom stereocenters. The van der Waals surface area contributed by atoms with Gasteiger partial charge in [-0.05, 0) is 29.5 Å². The molecule has 13 heavy (non-hydrogen) atoms. The van der Waals surface area contributed by atoms with Crippen molar-refractivity contribution in [3.05, 3.63) is 15.1 Å². The van der Waals surface area contributed by atoms with Gasteiger partial charge in [0.05, 0.1) is 15.9 Å². The summed E-state index contributed by atoms with van der Waals surface area (Å²) in [7, 11) is 3.51. The van der Waals surface area contributed by atoms with E-state index < -0.39 is 0 Å². The molecule has 0 spiro atoms. The van der Waals surface area contributed by atoms with Gasteiger partial charge in [-0.25, -0.2) is 9.97 Å². The van der Waals surface area contributed by atoms with Crippen molar-refractivity contribution >= 4 is 28.4 Å². The number of methoxy groups -OCH3 is 1. The highest BCUT2D eigenvalue weighted by Crippen LogP contribution is 2.18. The second-order valence-corrected chi connectivity index (χ2v) is 3.64. The predicted octanol–water partition coefficient (Wildman–Crippen LogP) is 1.58. The molecule has 0 saturated carbocycles. The fourth-order valence-electron chi connectivity index (χ4n) is 1.01. The maximum absolute atomic E-state index is 5.04. The maximum Gasteiger partial charge on any atom is 0.143 e. The smallest absolute Gasteiger partial charge is 0.143 e. The van der Waals surface area contributed by atoms with Crippen LogP contribution in [-0.4, -0.2) is 24.1 Å². The summed E-state index contributed by atoms with van der Waals surface area (Å²) in [5.74, 6) is 1.62. The van der Waals surface area contributed by atoms with E-state index >= 15 is 0 Å². The van der Waals surface area contributed by atoms with Crippen molar-refractivity contribution in [1.82, 2.24) is 9.97 Å². The third kappa shape index (κ3) is 2.50. The van der Waals surface area contributed by atoms with E-state index in [1.54, 1.807) is 7.11 Å². The maximum atomic E-state index is 5.04. The van der Waals surface area contributed by atoms with Crippen molar-refractivity contribution in [1.29, 1.82) is 0 Å². The van der Waals surface area contributed by atoms with Crippen molar-refractivity contribution in [2.75, 3.05) is 19.5 Å². The minimum Gasteiger partial charge on any atom is -0.378 e. The molecule has 1 aromatic rings. The third-order valence-corrected chi connectivity index (χ3v) is 2.68. The Morgan fingerprint density at radius 2 is 2.15 bits per heavy atom. The van der Waals surface area contributed by atoms with Crippen LogP contribution in [0.15, 0.2) is 0 Å². The summed E-state index contributed by atoms with van der Waals surface area (Å²) in [6, 6.07) is 0. The van der Waals surface area contributed by atoms with Crippen LogP contribution in [0, 0.1) is 10.5 Å². The lowest BCUT2D eigenvalue weighted by Gasteiger charge is -2.08. The number of ether oxygens (including phenoxy) is 1. The van der Waals surface area contributed by atoms with Gasteiger partial charge in [0.15, 0.2) is 0 Å². The van der Waals surface area contributed by atoms with E-state index in [1.165, 1.54) is 0 Å². The lowest BCUT2D eigenvalue weighted by atomic mass is 10.4. The van der Waals surface area contributed by atoms with E-state index in [9.17, 15) is 0 Å². The monoisotopic (exact) mass is 293 g/mol. The molecule has 1 N–H and O–H groups in total. The number of halogens is 1. The van der Waals surface area contributed by atoms with Crippen molar-refractivity contribution in [3.8, 4) is 0 Å². The summed E-state index contributed by atoms with van der Waals surface area (Å²) < 4.78 is 6.06. The van der Waals surface area contributed by atoms with Crippen LogP contribution in [0.1, 0.15) is 11.5 Å². The van der Waals surface area contributed by atoms with Crippen molar-refractivity contribution in [2.45, 2.75) is 13.5 Å². The van der Waals surface area contributed by atoms with E-state index in [4.69, 9.17) is 4.74 Å². The molecule has 4 nitrogen and oxygen atoms in total. The second kappa shape index (κ2) is 4.71. The van der Waals surface area contributed by atoms with Crippen LogP contribution in [0.2, 0.25) is 0 Å². The second-order valence-electron chi connectivity index (χ2n) is 2.56. The number of rotatable bonds is 3. The highest BCUT2D eigenvalue weighted by Gasteiger charge is 2.08. The molecule has 0 aliphatic rings. The Morgan fingerprint density at radius 3 is 2.69 bits per heavy atom. The normalized spacial score (nSPS) is 10.2. The fraction of sp³-hybridized carbons (Fsp3) is 0.500. The molecule has 1 aromatic heterocycles. The van der Waals surface area contributed by atoms with Crippen LogP contribution in [0.3, 0.4) is 0 Å². The quantitative estimate of drug-likeness (QED) is 0.860. The zero-order chi connectivity index (χ0) is 9.84. The number of nitrogens with zero attached hydrogens (tertiary/aromatic N) is 2. The van der Waals surface area contributed by atoms with E-state index in [1.807, 2.05) is 14.0 Å². The molecular weight excluding hydrogens is 281 g/mol. The minimum absolute atomic E-state index is 0.524. The fourth-order valence-corrected chi connectivity index (χ4v) is 1.68. The van der Waals surface area contributed by atoms with Crippen LogP contribution in [-0.2, 0) is 11.3 Å². The lowest BCUT2D eigenvalue weighted by molar-refractivity contribution is 0.180. The molecule has 0 amide bonds. The summed E-state index contributed by atoms with van der Waals surface area (Å²) in [6.07, 6.45) is 0. The van der Waals surface area contributed by atoms with Crippen LogP contribution in [0.4, 0.5) is 5.82 Å². The first kappa shape index (κ1) is 10.6. The summed E-state index contributed by atoms with van der Waals surface area (Å²) in [5.41, 5.74) is 0.931. The molecular formula is C8H12IN3O. The molecule has 0 bridgehead atoms. The highest BCUT2D eigenvalue weighted by molar-refractivity contribution is 14.1. The van der Waals surface area contributed by atoms with Gasteiger partial charge in [-0.15, -0.1) is 0 Å². The first-order chi connectivity index (χ1) is 6.19. The average molecular weight is 293 g/mol. The standard InChI is InChI=1S/C8H12IN3O/c1-5-11-6(4-13-3)7(9)8(10-2)12-5/h4H2,1-3H3,(H,10,11,12).